The van der Waals surface area contributed by atoms with Crippen molar-refractivity contribution in [3.63, 3.8) is 0 Å². The lowest BCUT2D eigenvalue weighted by Gasteiger charge is -1.98. The zero-order valence-electron chi connectivity index (χ0n) is 13.4. The van der Waals surface area contributed by atoms with Gasteiger partial charge in [-0.05, 0) is 36.4 Å². The van der Waals surface area contributed by atoms with Crippen LogP contribution in [-0.2, 0) is 0 Å². The van der Waals surface area contributed by atoms with Crippen LogP contribution < -0.4 is 0 Å². The molecule has 0 fully saturated rings. The standard InChI is InChI=1S/C20H12N2O2S2/c23-13-7-3-1-5-11(13)19-21-17-15(25-19)9-10-16-18(17)22-20(26-16)12-6-2-4-8-14(12)24/h1-10,23-24H. The van der Waals surface area contributed by atoms with E-state index in [0.29, 0.717) is 0 Å². The van der Waals surface area contributed by atoms with E-state index in [1.807, 2.05) is 36.4 Å². The van der Waals surface area contributed by atoms with Gasteiger partial charge in [-0.3, -0.25) is 0 Å². The van der Waals surface area contributed by atoms with Gasteiger partial charge in [0.15, 0.2) is 0 Å². The predicted molar refractivity (Wildman–Crippen MR) is 107 cm³/mol. The molecule has 6 heteroatoms. The van der Waals surface area contributed by atoms with Gasteiger partial charge in [-0.25, -0.2) is 9.97 Å². The van der Waals surface area contributed by atoms with Gasteiger partial charge in [0.25, 0.3) is 0 Å². The molecular formula is C20H12N2O2S2. The number of nitrogens with zero attached hydrogens (tertiary/aromatic N) is 2. The molecule has 0 radical (unpaired) electrons. The highest BCUT2D eigenvalue weighted by atomic mass is 32.1. The van der Waals surface area contributed by atoms with Crippen molar-refractivity contribution in [2.45, 2.75) is 0 Å². The number of phenolic OH excluding ortho intramolecular Hbond substituents is 2. The molecule has 2 aromatic heterocycles. The minimum Gasteiger partial charge on any atom is -0.507 e. The number of phenols is 2. The Morgan fingerprint density at radius 3 is 1.42 bits per heavy atom. The largest absolute Gasteiger partial charge is 0.507 e. The molecule has 0 atom stereocenters. The van der Waals surface area contributed by atoms with Crippen LogP contribution in [0.5, 0.6) is 11.5 Å². The van der Waals surface area contributed by atoms with Crippen molar-refractivity contribution in [1.82, 2.24) is 9.97 Å². The summed E-state index contributed by atoms with van der Waals surface area (Å²) < 4.78 is 2.04. The molecule has 2 N–H and O–H groups in total. The van der Waals surface area contributed by atoms with Crippen LogP contribution in [0.3, 0.4) is 0 Å². The van der Waals surface area contributed by atoms with Crippen molar-refractivity contribution in [3.8, 4) is 32.6 Å². The van der Waals surface area contributed by atoms with Crippen molar-refractivity contribution in [1.29, 1.82) is 0 Å². The second-order valence-corrected chi connectivity index (χ2v) is 7.89. The van der Waals surface area contributed by atoms with Gasteiger partial charge < -0.3 is 10.2 Å². The molecule has 2 heterocycles. The summed E-state index contributed by atoms with van der Waals surface area (Å²) in [4.78, 5) is 9.48. The topological polar surface area (TPSA) is 66.2 Å². The zero-order chi connectivity index (χ0) is 17.7. The quantitative estimate of drug-likeness (QED) is 0.418. The monoisotopic (exact) mass is 376 g/mol. The fourth-order valence-electron chi connectivity index (χ4n) is 2.92. The molecule has 0 unspecified atom stereocenters. The molecule has 0 spiro atoms. The Morgan fingerprint density at radius 1 is 0.577 bits per heavy atom. The molecule has 3 aromatic carbocycles. The summed E-state index contributed by atoms with van der Waals surface area (Å²) in [7, 11) is 0. The number of fused-ring (bicyclic) bond motifs is 3. The first-order valence-electron chi connectivity index (χ1n) is 7.97. The first-order valence-corrected chi connectivity index (χ1v) is 9.61. The van der Waals surface area contributed by atoms with E-state index in [1.165, 1.54) is 22.7 Å². The molecule has 26 heavy (non-hydrogen) atoms. The molecule has 4 nitrogen and oxygen atoms in total. The van der Waals surface area contributed by atoms with Crippen LogP contribution in [0.1, 0.15) is 0 Å². The molecule has 0 aliphatic carbocycles. The van der Waals surface area contributed by atoms with Crippen LogP contribution in [0, 0.1) is 0 Å². The average Bonchev–Trinajstić information content (AvgIpc) is 3.26. The first kappa shape index (κ1) is 15.3. The van der Waals surface area contributed by atoms with Gasteiger partial charge in [0, 0.05) is 0 Å². The molecule has 0 saturated heterocycles. The van der Waals surface area contributed by atoms with Crippen LogP contribution in [0.2, 0.25) is 0 Å². The zero-order valence-corrected chi connectivity index (χ0v) is 15.0. The van der Waals surface area contributed by atoms with Gasteiger partial charge in [0.1, 0.15) is 32.5 Å². The third-order valence-electron chi connectivity index (χ3n) is 4.19. The number of hydrogen-bond acceptors (Lipinski definition) is 6. The molecule has 126 valence electrons. The van der Waals surface area contributed by atoms with E-state index in [0.717, 1.165) is 41.6 Å². The maximum absolute atomic E-state index is 10.1. The Kier molecular flexibility index (Phi) is 3.41. The highest BCUT2D eigenvalue weighted by molar-refractivity contribution is 7.23. The molecule has 0 amide bonds. The Labute approximate surface area is 156 Å². The van der Waals surface area contributed by atoms with Crippen molar-refractivity contribution >= 4 is 43.1 Å². The minimum atomic E-state index is 0.218. The third kappa shape index (κ3) is 2.34. The maximum atomic E-state index is 10.1. The fourth-order valence-corrected chi connectivity index (χ4v) is 4.93. The number of aromatic hydroxyl groups is 2. The molecule has 0 bridgehead atoms. The lowest BCUT2D eigenvalue weighted by atomic mass is 10.2. The highest BCUT2D eigenvalue weighted by Gasteiger charge is 2.16. The summed E-state index contributed by atoms with van der Waals surface area (Å²) in [5.41, 5.74) is 3.09. The van der Waals surface area contributed by atoms with Crippen LogP contribution in [-0.4, -0.2) is 20.2 Å². The predicted octanol–water partition coefficient (Wildman–Crippen LogP) is 5.65. The molecular weight excluding hydrogens is 364 g/mol. The smallest absolute Gasteiger partial charge is 0.128 e. The number of benzene rings is 3. The second-order valence-electron chi connectivity index (χ2n) is 5.83. The van der Waals surface area contributed by atoms with Crippen LogP contribution in [0.15, 0.2) is 60.7 Å². The van der Waals surface area contributed by atoms with Crippen molar-refractivity contribution in [2.24, 2.45) is 0 Å². The minimum absolute atomic E-state index is 0.218. The molecule has 0 aliphatic heterocycles. The second kappa shape index (κ2) is 5.79. The van der Waals surface area contributed by atoms with E-state index in [4.69, 9.17) is 9.97 Å². The first-order chi connectivity index (χ1) is 12.7. The highest BCUT2D eigenvalue weighted by Crippen LogP contribution is 2.41. The number of rotatable bonds is 2. The molecule has 0 saturated carbocycles. The SMILES string of the molecule is Oc1ccccc1-c1nc2c(ccc3sc(-c4ccccc4O)nc32)s1. The lowest BCUT2D eigenvalue weighted by molar-refractivity contribution is 0.477. The Hall–Kier alpha value is -2.96. The fraction of sp³-hybridized carbons (Fsp3) is 0. The molecule has 5 rings (SSSR count). The Morgan fingerprint density at radius 2 is 1.00 bits per heavy atom. The van der Waals surface area contributed by atoms with E-state index < -0.39 is 0 Å². The Bertz CT molecular complexity index is 1170. The van der Waals surface area contributed by atoms with E-state index >= 15 is 0 Å². The summed E-state index contributed by atoms with van der Waals surface area (Å²) in [5, 5.41) is 21.8. The third-order valence-corrected chi connectivity index (χ3v) is 6.29. The normalized spacial score (nSPS) is 11.4. The van der Waals surface area contributed by atoms with Crippen LogP contribution in [0.25, 0.3) is 41.6 Å². The van der Waals surface area contributed by atoms with Gasteiger partial charge >= 0.3 is 0 Å². The number of hydrogen-bond donors (Lipinski definition) is 2. The lowest BCUT2D eigenvalue weighted by Crippen LogP contribution is -1.79. The van der Waals surface area contributed by atoms with Crippen molar-refractivity contribution in [3.05, 3.63) is 60.7 Å². The van der Waals surface area contributed by atoms with E-state index in [-0.39, 0.29) is 11.5 Å². The summed E-state index contributed by atoms with van der Waals surface area (Å²) in [5.74, 6) is 0.437. The van der Waals surface area contributed by atoms with Crippen LogP contribution in [0.4, 0.5) is 0 Å². The number of aromatic nitrogens is 2. The van der Waals surface area contributed by atoms with Gasteiger partial charge in [-0.2, -0.15) is 0 Å². The van der Waals surface area contributed by atoms with Crippen molar-refractivity contribution in [2.75, 3.05) is 0 Å². The van der Waals surface area contributed by atoms with E-state index in [2.05, 4.69) is 0 Å². The molecule has 0 aliphatic rings. The van der Waals surface area contributed by atoms with E-state index in [9.17, 15) is 10.2 Å². The van der Waals surface area contributed by atoms with E-state index in [1.54, 1.807) is 24.3 Å². The van der Waals surface area contributed by atoms with Crippen LogP contribution >= 0.6 is 22.7 Å². The van der Waals surface area contributed by atoms with Crippen molar-refractivity contribution < 1.29 is 10.2 Å². The molecule has 5 aromatic rings. The maximum Gasteiger partial charge on any atom is 0.128 e. The number of thiazole rings is 2. The summed E-state index contributed by atoms with van der Waals surface area (Å²) in [6.07, 6.45) is 0. The summed E-state index contributed by atoms with van der Waals surface area (Å²) in [6.45, 7) is 0. The van der Waals surface area contributed by atoms with Gasteiger partial charge in [0.05, 0.1) is 20.5 Å². The van der Waals surface area contributed by atoms with Gasteiger partial charge in [-0.15, -0.1) is 22.7 Å². The number of para-hydroxylation sites is 2. The average molecular weight is 376 g/mol. The summed E-state index contributed by atoms with van der Waals surface area (Å²) in [6, 6.07) is 18.5. The van der Waals surface area contributed by atoms with Gasteiger partial charge in [-0.1, -0.05) is 24.3 Å². The Balaban J connectivity index is 1.73. The summed E-state index contributed by atoms with van der Waals surface area (Å²) >= 11 is 3.06. The van der Waals surface area contributed by atoms with Gasteiger partial charge in [0.2, 0.25) is 0 Å².